The molecule has 0 spiro atoms. The molecule has 2 amide bonds. The maximum atomic E-state index is 13.8. The first-order valence-electron chi connectivity index (χ1n) is 13.7. The molecular formula is C34H28N2O4. The number of rotatable bonds is 7. The van der Waals surface area contributed by atoms with Gasteiger partial charge in [-0.15, -0.1) is 0 Å². The van der Waals surface area contributed by atoms with Gasteiger partial charge in [-0.2, -0.15) is 10.1 Å². The number of amides is 2. The molecule has 0 aromatic heterocycles. The molecule has 1 heterocycles. The summed E-state index contributed by atoms with van der Waals surface area (Å²) in [6.45, 7) is 2.80. The minimum absolute atomic E-state index is 0.148. The molecule has 0 radical (unpaired) electrons. The van der Waals surface area contributed by atoms with E-state index in [1.165, 1.54) is 0 Å². The minimum Gasteiger partial charge on any atom is -0.490 e. The van der Waals surface area contributed by atoms with Gasteiger partial charge in [0.2, 0.25) is 0 Å². The van der Waals surface area contributed by atoms with Crippen LogP contribution in [0.25, 0.3) is 0 Å². The van der Waals surface area contributed by atoms with Crippen molar-refractivity contribution in [1.82, 2.24) is 5.01 Å². The minimum atomic E-state index is -0.452. The zero-order chi connectivity index (χ0) is 27.2. The Bertz CT molecular complexity index is 1530. The highest BCUT2D eigenvalue weighted by atomic mass is 16.5. The first-order chi connectivity index (χ1) is 19.7. The first kappa shape index (κ1) is 24.3. The molecule has 4 aromatic carbocycles. The van der Waals surface area contributed by atoms with E-state index in [4.69, 9.17) is 9.47 Å². The van der Waals surface area contributed by atoms with Crippen molar-refractivity contribution in [2.24, 2.45) is 16.9 Å². The van der Waals surface area contributed by atoms with Gasteiger partial charge < -0.3 is 9.47 Å². The fourth-order valence-electron chi connectivity index (χ4n) is 6.63. The molecule has 40 heavy (non-hydrogen) atoms. The first-order valence-corrected chi connectivity index (χ1v) is 13.7. The van der Waals surface area contributed by atoms with E-state index >= 15 is 0 Å². The lowest BCUT2D eigenvalue weighted by Crippen LogP contribution is -2.41. The largest absolute Gasteiger partial charge is 0.490 e. The van der Waals surface area contributed by atoms with E-state index in [9.17, 15) is 9.59 Å². The molecule has 2 bridgehead atoms. The molecule has 8 rings (SSSR count). The molecule has 4 aromatic rings. The lowest BCUT2D eigenvalue weighted by molar-refractivity contribution is -0.139. The summed E-state index contributed by atoms with van der Waals surface area (Å²) >= 11 is 0. The molecule has 1 aliphatic heterocycles. The van der Waals surface area contributed by atoms with E-state index in [1.807, 2.05) is 79.7 Å². The number of carbonyl (C=O) groups is 2. The highest BCUT2D eigenvalue weighted by Gasteiger charge is 2.61. The van der Waals surface area contributed by atoms with E-state index < -0.39 is 11.8 Å². The number of carbonyl (C=O) groups excluding carboxylic acids is 2. The Labute approximate surface area is 232 Å². The van der Waals surface area contributed by atoms with Crippen LogP contribution in [-0.4, -0.2) is 29.6 Å². The van der Waals surface area contributed by atoms with Crippen molar-refractivity contribution in [3.8, 4) is 11.5 Å². The third kappa shape index (κ3) is 3.82. The van der Waals surface area contributed by atoms with Gasteiger partial charge in [0.1, 0.15) is 6.61 Å². The topological polar surface area (TPSA) is 68.2 Å². The molecule has 6 nitrogen and oxygen atoms in total. The number of ether oxygens (including phenoxy) is 2. The Morgan fingerprint density at radius 1 is 0.700 bits per heavy atom. The molecule has 4 aliphatic rings. The average molecular weight is 529 g/mol. The second-order valence-electron chi connectivity index (χ2n) is 10.4. The van der Waals surface area contributed by atoms with Crippen molar-refractivity contribution in [1.29, 1.82) is 0 Å². The van der Waals surface area contributed by atoms with E-state index in [0.29, 0.717) is 30.3 Å². The Kier molecular flexibility index (Phi) is 5.96. The van der Waals surface area contributed by atoms with Crippen LogP contribution in [0.2, 0.25) is 0 Å². The fraction of sp³-hybridized carbons (Fsp3) is 0.206. The highest BCUT2D eigenvalue weighted by Crippen LogP contribution is 2.60. The number of hydrazone groups is 1. The van der Waals surface area contributed by atoms with Gasteiger partial charge in [-0.3, -0.25) is 9.59 Å². The summed E-state index contributed by atoms with van der Waals surface area (Å²) in [6, 6.07) is 31.9. The van der Waals surface area contributed by atoms with Crippen molar-refractivity contribution < 1.29 is 19.1 Å². The Morgan fingerprint density at radius 2 is 1.25 bits per heavy atom. The maximum Gasteiger partial charge on any atom is 0.254 e. The molecule has 6 heteroatoms. The molecular weight excluding hydrogens is 500 g/mol. The lowest BCUT2D eigenvalue weighted by Gasteiger charge is -2.45. The molecule has 0 unspecified atom stereocenters. The number of hydrogen-bond donors (Lipinski definition) is 0. The van der Waals surface area contributed by atoms with E-state index in [2.05, 4.69) is 29.4 Å². The van der Waals surface area contributed by atoms with Crippen molar-refractivity contribution in [3.63, 3.8) is 0 Å². The molecule has 0 saturated carbocycles. The molecule has 0 N–H and O–H groups in total. The van der Waals surface area contributed by atoms with Crippen LogP contribution in [-0.2, 0) is 16.2 Å². The molecule has 198 valence electrons. The van der Waals surface area contributed by atoms with Gasteiger partial charge in [-0.25, -0.2) is 0 Å². The highest BCUT2D eigenvalue weighted by molar-refractivity contribution is 6.08. The number of imide groups is 1. The second kappa shape index (κ2) is 9.79. The van der Waals surface area contributed by atoms with Gasteiger partial charge in [-0.05, 0) is 58.5 Å². The second-order valence-corrected chi connectivity index (χ2v) is 10.4. The van der Waals surface area contributed by atoms with Crippen LogP contribution in [0.15, 0.2) is 102 Å². The molecule has 2 atom stereocenters. The fourth-order valence-corrected chi connectivity index (χ4v) is 6.63. The molecule has 1 saturated heterocycles. The zero-order valence-electron chi connectivity index (χ0n) is 22.1. The summed E-state index contributed by atoms with van der Waals surface area (Å²) in [6.07, 6.45) is 1.55. The van der Waals surface area contributed by atoms with Gasteiger partial charge in [0.25, 0.3) is 11.8 Å². The number of benzene rings is 4. The van der Waals surface area contributed by atoms with Crippen molar-refractivity contribution in [3.05, 3.63) is 130 Å². The van der Waals surface area contributed by atoms with E-state index in [0.717, 1.165) is 32.8 Å². The summed E-state index contributed by atoms with van der Waals surface area (Å²) in [4.78, 5) is 27.5. The van der Waals surface area contributed by atoms with Crippen molar-refractivity contribution >= 4 is 18.0 Å². The van der Waals surface area contributed by atoms with Crippen LogP contribution in [0, 0.1) is 11.8 Å². The summed E-state index contributed by atoms with van der Waals surface area (Å²) in [5, 5.41) is 5.53. The summed E-state index contributed by atoms with van der Waals surface area (Å²) < 4.78 is 11.8. The van der Waals surface area contributed by atoms with Crippen LogP contribution in [0.3, 0.4) is 0 Å². The number of nitrogens with zero attached hydrogens (tertiary/aromatic N) is 2. The van der Waals surface area contributed by atoms with Crippen LogP contribution in [0.1, 0.15) is 52.1 Å². The van der Waals surface area contributed by atoms with Crippen LogP contribution in [0.5, 0.6) is 11.5 Å². The SMILES string of the molecule is CCOc1cc(/C=N\N2C(=O)[C@@H]3C4c5ccccc5C(c5ccccc54)[C@H]3C2=O)ccc1OCc1ccccc1. The monoisotopic (exact) mass is 528 g/mol. The number of hydrogen-bond acceptors (Lipinski definition) is 5. The smallest absolute Gasteiger partial charge is 0.254 e. The predicted molar refractivity (Wildman–Crippen MR) is 151 cm³/mol. The van der Waals surface area contributed by atoms with Gasteiger partial charge in [0.15, 0.2) is 11.5 Å². The van der Waals surface area contributed by atoms with Crippen molar-refractivity contribution in [2.45, 2.75) is 25.4 Å². The van der Waals surface area contributed by atoms with Crippen molar-refractivity contribution in [2.75, 3.05) is 6.61 Å². The predicted octanol–water partition coefficient (Wildman–Crippen LogP) is 5.89. The van der Waals surface area contributed by atoms with Gasteiger partial charge in [-0.1, -0.05) is 78.9 Å². The van der Waals surface area contributed by atoms with Gasteiger partial charge >= 0.3 is 0 Å². The van der Waals surface area contributed by atoms with Gasteiger partial charge in [0.05, 0.1) is 24.7 Å². The lowest BCUT2D eigenvalue weighted by atomic mass is 9.55. The van der Waals surface area contributed by atoms with Crippen LogP contribution >= 0.6 is 0 Å². The zero-order valence-corrected chi connectivity index (χ0v) is 22.1. The Morgan fingerprint density at radius 3 is 1.80 bits per heavy atom. The normalized spacial score (nSPS) is 22.3. The van der Waals surface area contributed by atoms with Gasteiger partial charge in [0, 0.05) is 11.8 Å². The molecule has 3 aliphatic carbocycles. The Balaban J connectivity index is 1.17. The summed E-state index contributed by atoms with van der Waals surface area (Å²) in [7, 11) is 0. The Hall–Kier alpha value is -4.71. The summed E-state index contributed by atoms with van der Waals surface area (Å²) in [5.74, 6) is -0.474. The third-order valence-electron chi connectivity index (χ3n) is 8.25. The molecule has 1 fully saturated rings. The maximum absolute atomic E-state index is 13.8. The quantitative estimate of drug-likeness (QED) is 0.222. The average Bonchev–Trinajstić information content (AvgIpc) is 3.25. The van der Waals surface area contributed by atoms with Crippen LogP contribution < -0.4 is 9.47 Å². The third-order valence-corrected chi connectivity index (χ3v) is 8.25. The standard InChI is InChI=1S/C34H28N2O4/c1-2-39-28-18-22(16-17-27(28)40-20-21-10-4-3-5-11-21)19-35-36-33(37)31-29-23-12-6-7-13-24(23)30(32(31)34(36)38)26-15-9-8-14-25(26)29/h3-19,29-32H,2,20H2,1H3/b35-19-/t29?,30?,31-,32-/m1/s1. The van der Waals surface area contributed by atoms with E-state index in [-0.39, 0.29) is 23.7 Å². The summed E-state index contributed by atoms with van der Waals surface area (Å²) in [5.41, 5.74) is 6.35. The van der Waals surface area contributed by atoms with Crippen LogP contribution in [0.4, 0.5) is 0 Å². The van der Waals surface area contributed by atoms with E-state index in [1.54, 1.807) is 6.21 Å².